The summed E-state index contributed by atoms with van der Waals surface area (Å²) >= 11 is 0. The van der Waals surface area contributed by atoms with Crippen LogP contribution in [-0.4, -0.2) is 25.7 Å². The van der Waals surface area contributed by atoms with Crippen molar-refractivity contribution in [2.75, 3.05) is 24.5 Å². The first-order valence-corrected chi connectivity index (χ1v) is 7.76. The molecule has 1 N–H and O–H groups in total. The van der Waals surface area contributed by atoms with Crippen molar-refractivity contribution in [3.8, 4) is 0 Å². The highest BCUT2D eigenvalue weighted by Gasteiger charge is 2.18. The van der Waals surface area contributed by atoms with Crippen molar-refractivity contribution in [3.63, 3.8) is 0 Å². The smallest absolute Gasteiger partial charge is 0.0369 e. The Hall–Kier alpha value is -1.02. The van der Waals surface area contributed by atoms with Gasteiger partial charge in [0.25, 0.3) is 0 Å². The first-order valence-electron chi connectivity index (χ1n) is 7.76. The van der Waals surface area contributed by atoms with Crippen LogP contribution in [0.2, 0.25) is 0 Å². The molecule has 1 aliphatic heterocycles. The van der Waals surface area contributed by atoms with E-state index in [9.17, 15) is 0 Å². The van der Waals surface area contributed by atoms with E-state index in [1.807, 2.05) is 0 Å². The maximum atomic E-state index is 3.70. The van der Waals surface area contributed by atoms with Crippen molar-refractivity contribution in [1.29, 1.82) is 0 Å². The molecule has 1 heterocycles. The van der Waals surface area contributed by atoms with Gasteiger partial charge >= 0.3 is 0 Å². The number of hydrogen-bond donors (Lipinski definition) is 1. The van der Waals surface area contributed by atoms with Crippen molar-refractivity contribution in [2.45, 2.75) is 46.1 Å². The summed E-state index contributed by atoms with van der Waals surface area (Å²) in [6, 6.07) is 9.68. The van der Waals surface area contributed by atoms with Gasteiger partial charge in [0.1, 0.15) is 0 Å². The number of benzene rings is 1. The molecule has 1 saturated heterocycles. The predicted molar refractivity (Wildman–Crippen MR) is 83.9 cm³/mol. The highest BCUT2D eigenvalue weighted by Crippen LogP contribution is 2.20. The van der Waals surface area contributed by atoms with Gasteiger partial charge in [0, 0.05) is 24.8 Å². The lowest BCUT2D eigenvalue weighted by Gasteiger charge is -2.27. The van der Waals surface area contributed by atoms with E-state index in [0.717, 1.165) is 25.4 Å². The van der Waals surface area contributed by atoms with Gasteiger partial charge in [-0.3, -0.25) is 0 Å². The van der Waals surface area contributed by atoms with Gasteiger partial charge in [0.05, 0.1) is 0 Å². The summed E-state index contributed by atoms with van der Waals surface area (Å²) < 4.78 is 0. The number of anilines is 1. The summed E-state index contributed by atoms with van der Waals surface area (Å²) in [4.78, 5) is 2.56. The van der Waals surface area contributed by atoms with Gasteiger partial charge in [0.15, 0.2) is 0 Å². The molecule has 106 valence electrons. The molecule has 0 aliphatic carbocycles. The SMILES string of the molecule is CCc1cccc(N2CCCNC(CC(C)C)C2)c1. The van der Waals surface area contributed by atoms with E-state index in [4.69, 9.17) is 0 Å². The van der Waals surface area contributed by atoms with Crippen molar-refractivity contribution < 1.29 is 0 Å². The van der Waals surface area contributed by atoms with Gasteiger partial charge in [-0.2, -0.15) is 0 Å². The molecule has 1 aliphatic rings. The second-order valence-corrected chi connectivity index (χ2v) is 6.10. The van der Waals surface area contributed by atoms with E-state index in [0.29, 0.717) is 6.04 Å². The molecule has 0 amide bonds. The van der Waals surface area contributed by atoms with E-state index < -0.39 is 0 Å². The Morgan fingerprint density at radius 3 is 2.95 bits per heavy atom. The zero-order valence-corrected chi connectivity index (χ0v) is 12.7. The fourth-order valence-electron chi connectivity index (χ4n) is 2.93. The van der Waals surface area contributed by atoms with E-state index in [-0.39, 0.29) is 0 Å². The average molecular weight is 260 g/mol. The molecular formula is C17H28N2. The number of nitrogens with zero attached hydrogens (tertiary/aromatic N) is 1. The summed E-state index contributed by atoms with van der Waals surface area (Å²) in [6.45, 7) is 10.3. The molecule has 0 saturated carbocycles. The molecule has 1 fully saturated rings. The highest BCUT2D eigenvalue weighted by molar-refractivity contribution is 5.49. The third-order valence-corrected chi connectivity index (χ3v) is 3.92. The van der Waals surface area contributed by atoms with Crippen molar-refractivity contribution in [3.05, 3.63) is 29.8 Å². The van der Waals surface area contributed by atoms with Gasteiger partial charge in [-0.05, 0) is 49.4 Å². The molecule has 1 atom stereocenters. The van der Waals surface area contributed by atoms with Crippen LogP contribution in [0.1, 0.15) is 39.2 Å². The number of hydrogen-bond acceptors (Lipinski definition) is 2. The fourth-order valence-corrected chi connectivity index (χ4v) is 2.93. The molecule has 1 unspecified atom stereocenters. The number of aryl methyl sites for hydroxylation is 1. The van der Waals surface area contributed by atoms with Crippen LogP contribution in [-0.2, 0) is 6.42 Å². The molecule has 19 heavy (non-hydrogen) atoms. The number of rotatable bonds is 4. The molecule has 2 rings (SSSR count). The molecular weight excluding hydrogens is 232 g/mol. The van der Waals surface area contributed by atoms with Gasteiger partial charge in [0.2, 0.25) is 0 Å². The zero-order valence-electron chi connectivity index (χ0n) is 12.7. The second kappa shape index (κ2) is 6.95. The number of nitrogens with one attached hydrogen (secondary N) is 1. The van der Waals surface area contributed by atoms with E-state index in [1.165, 1.54) is 30.6 Å². The molecule has 0 aromatic heterocycles. The Kier molecular flexibility index (Phi) is 5.26. The molecule has 0 bridgehead atoms. The minimum atomic E-state index is 0.632. The first-order chi connectivity index (χ1) is 9.19. The van der Waals surface area contributed by atoms with E-state index in [1.54, 1.807) is 0 Å². The maximum Gasteiger partial charge on any atom is 0.0369 e. The van der Waals surface area contributed by atoms with Gasteiger partial charge in [-0.1, -0.05) is 32.9 Å². The summed E-state index contributed by atoms with van der Waals surface area (Å²) in [5, 5.41) is 3.70. The summed E-state index contributed by atoms with van der Waals surface area (Å²) in [6.07, 6.45) is 3.63. The van der Waals surface area contributed by atoms with Crippen molar-refractivity contribution in [1.82, 2.24) is 5.32 Å². The molecule has 2 nitrogen and oxygen atoms in total. The molecule has 0 radical (unpaired) electrons. The van der Waals surface area contributed by atoms with E-state index >= 15 is 0 Å². The largest absolute Gasteiger partial charge is 0.370 e. The summed E-state index contributed by atoms with van der Waals surface area (Å²) in [5.41, 5.74) is 2.84. The Morgan fingerprint density at radius 2 is 2.21 bits per heavy atom. The molecule has 2 heteroatoms. The van der Waals surface area contributed by atoms with Crippen LogP contribution in [0.3, 0.4) is 0 Å². The van der Waals surface area contributed by atoms with Gasteiger partial charge in [-0.25, -0.2) is 0 Å². The zero-order chi connectivity index (χ0) is 13.7. The maximum absolute atomic E-state index is 3.70. The van der Waals surface area contributed by atoms with Crippen LogP contribution in [0.15, 0.2) is 24.3 Å². The predicted octanol–water partition coefficient (Wildman–Crippen LogP) is 3.46. The van der Waals surface area contributed by atoms with Crippen LogP contribution < -0.4 is 10.2 Å². The second-order valence-electron chi connectivity index (χ2n) is 6.10. The van der Waals surface area contributed by atoms with Gasteiger partial charge in [-0.15, -0.1) is 0 Å². The van der Waals surface area contributed by atoms with Crippen LogP contribution in [0, 0.1) is 5.92 Å². The average Bonchev–Trinajstić information content (AvgIpc) is 2.64. The Labute approximate surface area is 118 Å². The third-order valence-electron chi connectivity index (χ3n) is 3.92. The minimum Gasteiger partial charge on any atom is -0.370 e. The molecule has 0 spiro atoms. The lowest BCUT2D eigenvalue weighted by molar-refractivity contribution is 0.436. The Balaban J connectivity index is 2.08. The lowest BCUT2D eigenvalue weighted by Crippen LogP contribution is -2.38. The normalized spacial score (nSPS) is 20.6. The van der Waals surface area contributed by atoms with Gasteiger partial charge < -0.3 is 10.2 Å². The van der Waals surface area contributed by atoms with Crippen LogP contribution in [0.4, 0.5) is 5.69 Å². The fraction of sp³-hybridized carbons (Fsp3) is 0.647. The Morgan fingerprint density at radius 1 is 1.37 bits per heavy atom. The van der Waals surface area contributed by atoms with Crippen LogP contribution >= 0.6 is 0 Å². The van der Waals surface area contributed by atoms with Crippen LogP contribution in [0.5, 0.6) is 0 Å². The minimum absolute atomic E-state index is 0.632. The van der Waals surface area contributed by atoms with Crippen LogP contribution in [0.25, 0.3) is 0 Å². The first kappa shape index (κ1) is 14.4. The molecule has 1 aromatic carbocycles. The van der Waals surface area contributed by atoms with Crippen molar-refractivity contribution >= 4 is 5.69 Å². The van der Waals surface area contributed by atoms with Crippen molar-refractivity contribution in [2.24, 2.45) is 5.92 Å². The quantitative estimate of drug-likeness (QED) is 0.892. The summed E-state index contributed by atoms with van der Waals surface area (Å²) in [5.74, 6) is 0.763. The molecule has 1 aromatic rings. The monoisotopic (exact) mass is 260 g/mol. The third kappa shape index (κ3) is 4.24. The topological polar surface area (TPSA) is 15.3 Å². The lowest BCUT2D eigenvalue weighted by atomic mass is 10.0. The summed E-state index contributed by atoms with van der Waals surface area (Å²) in [7, 11) is 0. The standard InChI is InChI=1S/C17H28N2/c1-4-15-7-5-8-17(12-15)19-10-6-9-18-16(13-19)11-14(2)3/h5,7-8,12,14,16,18H,4,6,9-11,13H2,1-3H3. The van der Waals surface area contributed by atoms with E-state index in [2.05, 4.69) is 55.3 Å². The Bertz CT molecular complexity index is 387. The highest BCUT2D eigenvalue weighted by atomic mass is 15.2.